The zero-order valence-corrected chi connectivity index (χ0v) is 12.9. The standard InChI is InChI=1S/C17H17ClF2N2/c18-14-2-1-3-16(11-14)22-8-6-21(7-9-22)12-13-10-15(19)4-5-17(13)20/h1-5,10-11H,6-9,12H2. The van der Waals surface area contributed by atoms with Crippen molar-refractivity contribution in [1.82, 2.24) is 4.90 Å². The van der Waals surface area contributed by atoms with Crippen LogP contribution in [0.25, 0.3) is 0 Å². The van der Waals surface area contributed by atoms with Crippen LogP contribution >= 0.6 is 11.6 Å². The molecule has 22 heavy (non-hydrogen) atoms. The van der Waals surface area contributed by atoms with Crippen LogP contribution in [0.2, 0.25) is 5.02 Å². The average molecular weight is 323 g/mol. The summed E-state index contributed by atoms with van der Waals surface area (Å²) < 4.78 is 26.9. The third kappa shape index (κ3) is 3.57. The predicted molar refractivity (Wildman–Crippen MR) is 85.3 cm³/mol. The molecule has 0 amide bonds. The van der Waals surface area contributed by atoms with Gasteiger partial charge in [-0.1, -0.05) is 17.7 Å². The lowest BCUT2D eigenvalue weighted by Gasteiger charge is -2.36. The highest BCUT2D eigenvalue weighted by atomic mass is 35.5. The minimum absolute atomic E-state index is 0.348. The van der Waals surface area contributed by atoms with Gasteiger partial charge in [-0.3, -0.25) is 4.90 Å². The smallest absolute Gasteiger partial charge is 0.127 e. The van der Waals surface area contributed by atoms with Gasteiger partial charge in [-0.2, -0.15) is 0 Å². The minimum atomic E-state index is -0.394. The van der Waals surface area contributed by atoms with Crippen molar-refractivity contribution < 1.29 is 8.78 Å². The average Bonchev–Trinajstić information content (AvgIpc) is 2.52. The number of hydrogen-bond donors (Lipinski definition) is 0. The summed E-state index contributed by atoms with van der Waals surface area (Å²) in [6.07, 6.45) is 0. The van der Waals surface area contributed by atoms with E-state index in [1.807, 2.05) is 24.3 Å². The van der Waals surface area contributed by atoms with Crippen LogP contribution in [-0.2, 0) is 6.54 Å². The van der Waals surface area contributed by atoms with Crippen molar-refractivity contribution in [3.05, 3.63) is 64.7 Å². The molecule has 0 unspecified atom stereocenters. The molecule has 1 aliphatic rings. The molecule has 0 spiro atoms. The van der Waals surface area contributed by atoms with Crippen LogP contribution in [0, 0.1) is 11.6 Å². The SMILES string of the molecule is Fc1ccc(F)c(CN2CCN(c3cccc(Cl)c3)CC2)c1. The maximum Gasteiger partial charge on any atom is 0.127 e. The molecule has 1 heterocycles. The fraction of sp³-hybridized carbons (Fsp3) is 0.294. The topological polar surface area (TPSA) is 6.48 Å². The highest BCUT2D eigenvalue weighted by molar-refractivity contribution is 6.30. The Balaban J connectivity index is 1.61. The maximum atomic E-state index is 13.7. The molecule has 1 aliphatic heterocycles. The molecule has 1 fully saturated rings. The lowest BCUT2D eigenvalue weighted by molar-refractivity contribution is 0.246. The van der Waals surface area contributed by atoms with E-state index in [0.717, 1.165) is 43.0 Å². The van der Waals surface area contributed by atoms with Gasteiger partial charge in [-0.05, 0) is 36.4 Å². The van der Waals surface area contributed by atoms with Crippen LogP contribution in [0.3, 0.4) is 0 Å². The first-order chi connectivity index (χ1) is 10.6. The number of anilines is 1. The molecule has 0 bridgehead atoms. The monoisotopic (exact) mass is 322 g/mol. The van der Waals surface area contributed by atoms with E-state index in [1.165, 1.54) is 12.1 Å². The van der Waals surface area contributed by atoms with Crippen LogP contribution < -0.4 is 4.90 Å². The second-order valence-electron chi connectivity index (χ2n) is 5.48. The normalized spacial score (nSPS) is 16.0. The van der Waals surface area contributed by atoms with Gasteiger partial charge >= 0.3 is 0 Å². The third-order valence-electron chi connectivity index (χ3n) is 3.95. The molecule has 1 saturated heterocycles. The number of halogens is 3. The van der Waals surface area contributed by atoms with E-state index in [2.05, 4.69) is 9.80 Å². The molecule has 116 valence electrons. The number of rotatable bonds is 3. The Hall–Kier alpha value is -1.65. The van der Waals surface area contributed by atoms with E-state index in [1.54, 1.807) is 0 Å². The Morgan fingerprint density at radius 3 is 2.45 bits per heavy atom. The van der Waals surface area contributed by atoms with Gasteiger partial charge in [0.05, 0.1) is 0 Å². The van der Waals surface area contributed by atoms with Crippen LogP contribution in [0.4, 0.5) is 14.5 Å². The van der Waals surface area contributed by atoms with Crippen molar-refractivity contribution >= 4 is 17.3 Å². The molecule has 0 N–H and O–H groups in total. The Bertz CT molecular complexity index is 655. The zero-order chi connectivity index (χ0) is 15.5. The van der Waals surface area contributed by atoms with E-state index in [4.69, 9.17) is 11.6 Å². The molecular weight excluding hydrogens is 306 g/mol. The van der Waals surface area contributed by atoms with Crippen molar-refractivity contribution in [2.75, 3.05) is 31.1 Å². The second kappa shape index (κ2) is 6.63. The fourth-order valence-corrected chi connectivity index (χ4v) is 2.93. The molecule has 5 heteroatoms. The molecule has 0 aromatic heterocycles. The Morgan fingerprint density at radius 1 is 0.955 bits per heavy atom. The first-order valence-corrected chi connectivity index (χ1v) is 7.66. The molecule has 2 nitrogen and oxygen atoms in total. The molecule has 0 saturated carbocycles. The van der Waals surface area contributed by atoms with Crippen molar-refractivity contribution in [2.24, 2.45) is 0 Å². The fourth-order valence-electron chi connectivity index (χ4n) is 2.74. The summed E-state index contributed by atoms with van der Waals surface area (Å²) in [5.41, 5.74) is 1.51. The minimum Gasteiger partial charge on any atom is -0.369 e. The lowest BCUT2D eigenvalue weighted by Crippen LogP contribution is -2.46. The van der Waals surface area contributed by atoms with Crippen LogP contribution in [0.15, 0.2) is 42.5 Å². The quantitative estimate of drug-likeness (QED) is 0.844. The van der Waals surface area contributed by atoms with Gasteiger partial charge in [0, 0.05) is 49.0 Å². The van der Waals surface area contributed by atoms with E-state index in [9.17, 15) is 8.78 Å². The first kappa shape index (κ1) is 15.3. The summed E-state index contributed by atoms with van der Waals surface area (Å²) in [6.45, 7) is 3.74. The van der Waals surface area contributed by atoms with Gasteiger partial charge in [0.25, 0.3) is 0 Å². The maximum absolute atomic E-state index is 13.7. The largest absolute Gasteiger partial charge is 0.369 e. The Kier molecular flexibility index (Phi) is 4.60. The summed E-state index contributed by atoms with van der Waals surface area (Å²) in [4.78, 5) is 4.39. The van der Waals surface area contributed by atoms with E-state index >= 15 is 0 Å². The van der Waals surface area contributed by atoms with Gasteiger partial charge < -0.3 is 4.90 Å². The Labute approximate surface area is 133 Å². The summed E-state index contributed by atoms with van der Waals surface area (Å²) in [6, 6.07) is 11.4. The summed E-state index contributed by atoms with van der Waals surface area (Å²) in [5.74, 6) is -0.743. The highest BCUT2D eigenvalue weighted by Gasteiger charge is 2.18. The van der Waals surface area contributed by atoms with Crippen molar-refractivity contribution in [3.63, 3.8) is 0 Å². The zero-order valence-electron chi connectivity index (χ0n) is 12.1. The van der Waals surface area contributed by atoms with Gasteiger partial charge in [0.2, 0.25) is 0 Å². The van der Waals surface area contributed by atoms with Gasteiger partial charge in [0.1, 0.15) is 11.6 Å². The molecule has 2 aromatic carbocycles. The van der Waals surface area contributed by atoms with E-state index in [-0.39, 0.29) is 5.82 Å². The number of benzene rings is 2. The second-order valence-corrected chi connectivity index (χ2v) is 5.92. The van der Waals surface area contributed by atoms with Crippen LogP contribution in [0.5, 0.6) is 0 Å². The molecule has 0 atom stereocenters. The highest BCUT2D eigenvalue weighted by Crippen LogP contribution is 2.21. The van der Waals surface area contributed by atoms with Crippen molar-refractivity contribution in [2.45, 2.75) is 6.54 Å². The molecule has 0 radical (unpaired) electrons. The van der Waals surface area contributed by atoms with Crippen molar-refractivity contribution in [3.8, 4) is 0 Å². The van der Waals surface area contributed by atoms with Crippen LogP contribution in [-0.4, -0.2) is 31.1 Å². The molecule has 2 aromatic rings. The summed E-state index contributed by atoms with van der Waals surface area (Å²) >= 11 is 6.02. The number of piperazine rings is 1. The van der Waals surface area contributed by atoms with Crippen molar-refractivity contribution in [1.29, 1.82) is 0 Å². The molecule has 0 aliphatic carbocycles. The molecule has 3 rings (SSSR count). The third-order valence-corrected chi connectivity index (χ3v) is 4.18. The van der Waals surface area contributed by atoms with Gasteiger partial charge in [-0.15, -0.1) is 0 Å². The number of nitrogens with zero attached hydrogens (tertiary/aromatic N) is 2. The summed E-state index contributed by atoms with van der Waals surface area (Å²) in [5, 5.41) is 0.724. The Morgan fingerprint density at radius 2 is 1.73 bits per heavy atom. The number of hydrogen-bond acceptors (Lipinski definition) is 2. The van der Waals surface area contributed by atoms with Gasteiger partial charge in [0.15, 0.2) is 0 Å². The molecular formula is C17H17ClF2N2. The summed E-state index contributed by atoms with van der Waals surface area (Å²) in [7, 11) is 0. The van der Waals surface area contributed by atoms with Crippen LogP contribution in [0.1, 0.15) is 5.56 Å². The van der Waals surface area contributed by atoms with E-state index in [0.29, 0.717) is 12.1 Å². The first-order valence-electron chi connectivity index (χ1n) is 7.28. The predicted octanol–water partition coefficient (Wildman–Crippen LogP) is 3.94. The van der Waals surface area contributed by atoms with Gasteiger partial charge in [-0.25, -0.2) is 8.78 Å². The lowest BCUT2D eigenvalue weighted by atomic mass is 10.1. The van der Waals surface area contributed by atoms with E-state index < -0.39 is 5.82 Å².